The van der Waals surface area contributed by atoms with Gasteiger partial charge in [-0.2, -0.15) is 4.98 Å². The van der Waals surface area contributed by atoms with Crippen molar-refractivity contribution in [1.29, 1.82) is 0 Å². The predicted molar refractivity (Wildman–Crippen MR) is 262 cm³/mol. The molecule has 3 atom stereocenters. The molecule has 0 radical (unpaired) electrons. The number of rotatable bonds is 13. The van der Waals surface area contributed by atoms with E-state index in [1.54, 1.807) is 24.4 Å². The summed E-state index contributed by atoms with van der Waals surface area (Å²) < 4.78 is 48.8. The number of anilines is 2. The average Bonchev–Trinajstić information content (AvgIpc) is 4.00. The minimum Gasteiger partial charge on any atom is -0.489 e. The van der Waals surface area contributed by atoms with Crippen molar-refractivity contribution in [2.24, 2.45) is 16.5 Å². The summed E-state index contributed by atoms with van der Waals surface area (Å²) in [5.41, 5.74) is 4.13. The number of carbonyl (C=O) groups is 1. The van der Waals surface area contributed by atoms with Gasteiger partial charge in [-0.3, -0.25) is 9.69 Å². The zero-order valence-electron chi connectivity index (χ0n) is 39.4. The van der Waals surface area contributed by atoms with Gasteiger partial charge in [0.2, 0.25) is 0 Å². The zero-order chi connectivity index (χ0) is 47.4. The molecule has 10 rings (SSSR count). The number of nitrogens with zero attached hydrogens (tertiary/aromatic N) is 4. The number of aromatic amines is 1. The maximum absolute atomic E-state index is 14.3. The fourth-order valence-corrected chi connectivity index (χ4v) is 12.7. The van der Waals surface area contributed by atoms with E-state index >= 15 is 0 Å². The molecule has 5 aromatic rings. The molecule has 4 N–H and O–H groups in total. The summed E-state index contributed by atoms with van der Waals surface area (Å²) in [5.74, 6) is 1.08. The van der Waals surface area contributed by atoms with Gasteiger partial charge in [-0.1, -0.05) is 44.5 Å². The van der Waals surface area contributed by atoms with Crippen LogP contribution in [0.25, 0.3) is 11.0 Å². The van der Waals surface area contributed by atoms with E-state index < -0.39 is 21.5 Å². The van der Waals surface area contributed by atoms with Crippen LogP contribution < -0.4 is 29.1 Å². The highest BCUT2D eigenvalue weighted by Crippen LogP contribution is 2.49. The first-order valence-electron chi connectivity index (χ1n) is 24.4. The topological polar surface area (TPSA) is 188 Å². The van der Waals surface area contributed by atoms with Crippen molar-refractivity contribution in [3.63, 3.8) is 0 Å². The van der Waals surface area contributed by atoms with Crippen molar-refractivity contribution in [2.45, 2.75) is 120 Å². The number of aromatic nitrogens is 2. The molecule has 2 aliphatic carbocycles. The second-order valence-corrected chi connectivity index (χ2v) is 22.1. The zero-order valence-corrected chi connectivity index (χ0v) is 40.2. The van der Waals surface area contributed by atoms with Gasteiger partial charge < -0.3 is 34.5 Å². The highest BCUT2D eigenvalue weighted by atomic mass is 32.2. The molecule has 68 heavy (non-hydrogen) atoms. The third kappa shape index (κ3) is 9.02. The van der Waals surface area contributed by atoms with E-state index in [1.165, 1.54) is 36.5 Å². The first-order valence-corrected chi connectivity index (χ1v) is 25.9. The number of benzene rings is 3. The summed E-state index contributed by atoms with van der Waals surface area (Å²) in [4.78, 5) is 38.9. The second-order valence-electron chi connectivity index (χ2n) is 20.4. The molecule has 0 bridgehead atoms. The number of H-pyrrole nitrogens is 1. The molecule has 16 heteroatoms. The lowest BCUT2D eigenvalue weighted by Crippen LogP contribution is -2.63. The molecule has 1 amide bonds. The first-order chi connectivity index (χ1) is 32.7. The first kappa shape index (κ1) is 46.0. The number of fused-ring (bicyclic) bond motifs is 2. The number of ether oxygens (including phenoxy) is 3. The highest BCUT2D eigenvalue weighted by Gasteiger charge is 2.49. The minimum atomic E-state index is -4.57. The van der Waals surface area contributed by atoms with Crippen LogP contribution in [0.4, 0.5) is 17.1 Å². The Labute approximate surface area is 398 Å². The Balaban J connectivity index is 0.873. The van der Waals surface area contributed by atoms with Gasteiger partial charge in [-0.25, -0.2) is 13.1 Å². The van der Waals surface area contributed by atoms with Crippen molar-refractivity contribution < 1.29 is 32.5 Å². The molecular formula is C52H63N7O8S. The third-order valence-electron chi connectivity index (χ3n) is 15.5. The van der Waals surface area contributed by atoms with Crippen LogP contribution in [0.3, 0.4) is 0 Å². The van der Waals surface area contributed by atoms with Crippen molar-refractivity contribution >= 4 is 44.0 Å². The Hall–Kier alpha value is -5.71. The van der Waals surface area contributed by atoms with Gasteiger partial charge in [0, 0.05) is 61.6 Å². The van der Waals surface area contributed by atoms with Crippen LogP contribution in [-0.2, 0) is 10.0 Å². The van der Waals surface area contributed by atoms with E-state index in [4.69, 9.17) is 14.2 Å². The molecule has 1 unspecified atom stereocenters. The van der Waals surface area contributed by atoms with E-state index in [1.807, 2.05) is 26.0 Å². The van der Waals surface area contributed by atoms with Gasteiger partial charge in [-0.05, 0) is 135 Å². The number of aliphatic hydroxyl groups is 1. The van der Waals surface area contributed by atoms with Crippen LogP contribution in [-0.4, -0.2) is 91.4 Å². The largest absolute Gasteiger partial charge is 0.489 e. The number of hydrogen-bond donors (Lipinski definition) is 4. The number of sulfonamides is 1. The summed E-state index contributed by atoms with van der Waals surface area (Å²) >= 11 is 0. The molecule has 5 aliphatic rings. The maximum atomic E-state index is 14.3. The lowest BCUT2D eigenvalue weighted by atomic mass is 9.70. The molecule has 1 spiro atoms. The number of piperidine rings is 1. The number of nitrogens with one attached hydrogen (secondary N) is 3. The molecule has 2 saturated heterocycles. The summed E-state index contributed by atoms with van der Waals surface area (Å²) in [6.07, 6.45) is 10.4. The van der Waals surface area contributed by atoms with Gasteiger partial charge >= 0.3 is 0 Å². The van der Waals surface area contributed by atoms with E-state index in [-0.39, 0.29) is 63.3 Å². The lowest BCUT2D eigenvalue weighted by Gasteiger charge is -2.57. The Morgan fingerprint density at radius 1 is 1.00 bits per heavy atom. The Morgan fingerprint density at radius 2 is 1.78 bits per heavy atom. The van der Waals surface area contributed by atoms with Crippen LogP contribution in [0.2, 0.25) is 0 Å². The van der Waals surface area contributed by atoms with Crippen molar-refractivity contribution in [3.8, 4) is 23.1 Å². The number of amides is 1. The standard InChI is InChI=1S/C52H63N7O8S/c1-5-65-50-46(25-34-17-22-53-48(34)55-50)67-44-26-35(58-23-20-52(21-24-58)30-59(31-52)43-12-8-11-39(43)38-10-7-6-9-37(38)32(2)3)13-14-40(44)49(60)57-68(63,64)36-27-41(56-62)47-45(28-36)66-29-42(54-47)33-15-18-51(4,61)19-16-33/h6-7,9-10,13-14,17,22,25-28,32-33,39,42-43,54,61H,5,8,11-12,15-16,18-21,23-24,29-31H2,1-4H3,(H,53,55)(H,57,60)/t33-,39-,42?,43-,51-/m0/s1. The Bertz CT molecular complexity index is 2800. The number of nitroso groups, excluding NO2 is 1. The fraction of sp³-hybridized carbons (Fsp3) is 0.500. The van der Waals surface area contributed by atoms with Crippen molar-refractivity contribution in [2.75, 3.05) is 49.6 Å². The van der Waals surface area contributed by atoms with Gasteiger partial charge in [0.25, 0.3) is 21.8 Å². The quantitative estimate of drug-likeness (QED) is 0.0820. The molecule has 3 aromatic carbocycles. The van der Waals surface area contributed by atoms with E-state index in [2.05, 4.69) is 73.1 Å². The minimum absolute atomic E-state index is 0.0267. The average molecular weight is 946 g/mol. The molecule has 4 fully saturated rings. The summed E-state index contributed by atoms with van der Waals surface area (Å²) in [5, 5.41) is 17.7. The van der Waals surface area contributed by atoms with Crippen LogP contribution >= 0.6 is 0 Å². The van der Waals surface area contributed by atoms with Gasteiger partial charge in [0.05, 0.1) is 28.7 Å². The molecule has 5 heterocycles. The normalized spacial score (nSPS) is 24.8. The Morgan fingerprint density at radius 3 is 2.53 bits per heavy atom. The van der Waals surface area contributed by atoms with Crippen LogP contribution in [0.5, 0.6) is 23.1 Å². The maximum Gasteiger partial charge on any atom is 0.268 e. The molecule has 3 aliphatic heterocycles. The highest BCUT2D eigenvalue weighted by molar-refractivity contribution is 7.90. The van der Waals surface area contributed by atoms with Crippen LogP contribution in [0, 0.1) is 16.2 Å². The molecule has 15 nitrogen and oxygen atoms in total. The third-order valence-corrected chi connectivity index (χ3v) is 16.8. The van der Waals surface area contributed by atoms with Gasteiger partial charge in [0.15, 0.2) is 5.75 Å². The number of likely N-dealkylation sites (tertiary alicyclic amines) is 1. The monoisotopic (exact) mass is 945 g/mol. The van der Waals surface area contributed by atoms with Crippen LogP contribution in [0.1, 0.15) is 119 Å². The molecular weight excluding hydrogens is 883 g/mol. The second kappa shape index (κ2) is 18.3. The van der Waals surface area contributed by atoms with Crippen molar-refractivity contribution in [1.82, 2.24) is 19.6 Å². The lowest BCUT2D eigenvalue weighted by molar-refractivity contribution is -0.0493. The number of pyridine rings is 1. The number of carbonyl (C=O) groups excluding carboxylic acids is 1. The van der Waals surface area contributed by atoms with E-state index in [0.717, 1.165) is 69.0 Å². The molecule has 2 saturated carbocycles. The van der Waals surface area contributed by atoms with Crippen molar-refractivity contribution in [3.05, 3.63) is 94.5 Å². The molecule has 2 aromatic heterocycles. The SMILES string of the molecule is CCOc1nc2[nH]ccc2cc1Oc1cc(N2CCC3(CC2)CN([C@H]2CCC[C@H]2c2ccccc2C(C)C)C3)ccc1C(=O)NS(=O)(=O)c1cc(N=O)c2c(c1)OCC([C@H]1CC[C@](C)(O)CC1)N2. The van der Waals surface area contributed by atoms with Gasteiger partial charge in [0.1, 0.15) is 35.1 Å². The molecule has 360 valence electrons. The van der Waals surface area contributed by atoms with Gasteiger partial charge in [-0.15, -0.1) is 4.91 Å². The Kier molecular flexibility index (Phi) is 12.4. The van der Waals surface area contributed by atoms with Crippen LogP contribution in [0.15, 0.2) is 83.0 Å². The smallest absolute Gasteiger partial charge is 0.268 e. The number of hydrogen-bond acceptors (Lipinski definition) is 13. The summed E-state index contributed by atoms with van der Waals surface area (Å²) in [6, 6.07) is 20.7. The fourth-order valence-electron chi connectivity index (χ4n) is 11.7. The van der Waals surface area contributed by atoms with E-state index in [9.17, 15) is 23.2 Å². The van der Waals surface area contributed by atoms with E-state index in [0.29, 0.717) is 48.7 Å². The predicted octanol–water partition coefficient (Wildman–Crippen LogP) is 9.75. The summed E-state index contributed by atoms with van der Waals surface area (Å²) in [6.45, 7) is 12.7. The summed E-state index contributed by atoms with van der Waals surface area (Å²) in [7, 11) is -4.57.